The quantitative estimate of drug-likeness (QED) is 0.889. The molecular formula is C19H23N3OS. The van der Waals surface area contributed by atoms with Gasteiger partial charge in [-0.15, -0.1) is 11.3 Å². The van der Waals surface area contributed by atoms with E-state index in [4.69, 9.17) is 0 Å². The summed E-state index contributed by atoms with van der Waals surface area (Å²) in [4.78, 5) is 18.3. The fraction of sp³-hybridized carbons (Fsp3) is 0.421. The van der Waals surface area contributed by atoms with E-state index < -0.39 is 0 Å². The highest BCUT2D eigenvalue weighted by molar-refractivity contribution is 7.10. The molecule has 2 aromatic rings. The van der Waals surface area contributed by atoms with Crippen molar-refractivity contribution in [2.24, 2.45) is 5.92 Å². The number of nitrogens with one attached hydrogen (secondary N) is 1. The monoisotopic (exact) mass is 341 g/mol. The number of likely N-dealkylation sites (tertiary alicyclic amines) is 1. The lowest BCUT2D eigenvalue weighted by atomic mass is 10.1. The van der Waals surface area contributed by atoms with E-state index in [2.05, 4.69) is 34.7 Å². The number of hydrogen-bond acceptors (Lipinski definition) is 3. The van der Waals surface area contributed by atoms with Crippen LogP contribution in [0.15, 0.2) is 35.7 Å². The summed E-state index contributed by atoms with van der Waals surface area (Å²) in [6.45, 7) is 5.84. The lowest BCUT2D eigenvalue weighted by Gasteiger charge is -2.31. The second-order valence-electron chi connectivity index (χ2n) is 6.83. The molecule has 3 heterocycles. The van der Waals surface area contributed by atoms with Crippen LogP contribution in [0.5, 0.6) is 0 Å². The van der Waals surface area contributed by atoms with Gasteiger partial charge in [-0.25, -0.2) is 4.79 Å². The highest BCUT2D eigenvalue weighted by Crippen LogP contribution is 2.32. The van der Waals surface area contributed by atoms with Gasteiger partial charge in [0.25, 0.3) is 0 Å². The van der Waals surface area contributed by atoms with Crippen LogP contribution < -0.4 is 10.2 Å². The molecule has 0 unspecified atom stereocenters. The standard InChI is InChI=1S/C19H23N3OS/c1-14-6-9-22(12-14)19(23)20-16-4-2-3-5-17(16)21-10-7-18-15(13-21)8-11-24-18/h2-5,8,11,14H,6-7,9-10,12-13H2,1H3,(H,20,23)/t14-/m0/s1. The average Bonchev–Trinajstić information content (AvgIpc) is 3.23. The zero-order chi connectivity index (χ0) is 16.5. The Morgan fingerprint density at radius 3 is 2.96 bits per heavy atom. The maximum atomic E-state index is 12.6. The van der Waals surface area contributed by atoms with Crippen LogP contribution in [0.3, 0.4) is 0 Å². The predicted octanol–water partition coefficient (Wildman–Crippen LogP) is 4.18. The van der Waals surface area contributed by atoms with Crippen LogP contribution in [-0.2, 0) is 13.0 Å². The molecule has 2 aliphatic rings. The molecule has 4 rings (SSSR count). The number of nitrogens with zero attached hydrogens (tertiary/aromatic N) is 2. The van der Waals surface area contributed by atoms with Crippen LogP contribution in [0.1, 0.15) is 23.8 Å². The number of fused-ring (bicyclic) bond motifs is 1. The van der Waals surface area contributed by atoms with E-state index in [0.29, 0.717) is 5.92 Å². The van der Waals surface area contributed by atoms with Crippen molar-refractivity contribution in [3.05, 3.63) is 46.2 Å². The largest absolute Gasteiger partial charge is 0.365 e. The molecule has 1 aromatic heterocycles. The minimum Gasteiger partial charge on any atom is -0.365 e. The van der Waals surface area contributed by atoms with Gasteiger partial charge in [-0.3, -0.25) is 0 Å². The van der Waals surface area contributed by atoms with Crippen molar-refractivity contribution in [3.8, 4) is 0 Å². The number of anilines is 2. The molecule has 4 nitrogen and oxygen atoms in total. The van der Waals surface area contributed by atoms with Crippen molar-refractivity contribution >= 4 is 28.7 Å². The molecule has 2 amide bonds. The summed E-state index contributed by atoms with van der Waals surface area (Å²) >= 11 is 1.85. The topological polar surface area (TPSA) is 35.6 Å². The van der Waals surface area contributed by atoms with Gasteiger partial charge in [-0.2, -0.15) is 0 Å². The first-order valence-electron chi connectivity index (χ1n) is 8.66. The lowest BCUT2D eigenvalue weighted by Crippen LogP contribution is -2.34. The number of hydrogen-bond donors (Lipinski definition) is 1. The maximum Gasteiger partial charge on any atom is 0.321 e. The second-order valence-corrected chi connectivity index (χ2v) is 7.83. The molecule has 0 radical (unpaired) electrons. The Morgan fingerprint density at radius 1 is 1.25 bits per heavy atom. The first kappa shape index (κ1) is 15.5. The Hall–Kier alpha value is -2.01. The van der Waals surface area contributed by atoms with Crippen LogP contribution >= 0.6 is 11.3 Å². The molecule has 0 bridgehead atoms. The van der Waals surface area contributed by atoms with Gasteiger partial charge in [0.1, 0.15) is 0 Å². The highest BCUT2D eigenvalue weighted by atomic mass is 32.1. The number of urea groups is 1. The third-order valence-electron chi connectivity index (χ3n) is 5.01. The molecule has 2 aliphatic heterocycles. The summed E-state index contributed by atoms with van der Waals surface area (Å²) < 4.78 is 0. The van der Waals surface area contributed by atoms with Crippen molar-refractivity contribution in [1.82, 2.24) is 4.90 Å². The summed E-state index contributed by atoms with van der Waals surface area (Å²) in [6, 6.07) is 10.4. The summed E-state index contributed by atoms with van der Waals surface area (Å²) in [6.07, 6.45) is 2.18. The van der Waals surface area contributed by atoms with Crippen molar-refractivity contribution in [2.45, 2.75) is 26.3 Å². The molecule has 0 aliphatic carbocycles. The van der Waals surface area contributed by atoms with Crippen LogP contribution in [0, 0.1) is 5.92 Å². The molecule has 0 spiro atoms. The number of carbonyl (C=O) groups is 1. The molecule has 24 heavy (non-hydrogen) atoms. The van der Waals surface area contributed by atoms with E-state index in [1.165, 1.54) is 10.4 Å². The Balaban J connectivity index is 1.52. The predicted molar refractivity (Wildman–Crippen MR) is 99.9 cm³/mol. The van der Waals surface area contributed by atoms with Crippen molar-refractivity contribution in [1.29, 1.82) is 0 Å². The fourth-order valence-corrected chi connectivity index (χ4v) is 4.51. The Labute approximate surface area is 147 Å². The van der Waals surface area contributed by atoms with Crippen molar-refractivity contribution in [3.63, 3.8) is 0 Å². The van der Waals surface area contributed by atoms with E-state index in [9.17, 15) is 4.79 Å². The summed E-state index contributed by atoms with van der Waals surface area (Å²) in [5, 5.41) is 5.31. The van der Waals surface area contributed by atoms with Gasteiger partial charge in [0, 0.05) is 31.1 Å². The zero-order valence-electron chi connectivity index (χ0n) is 14.0. The Morgan fingerprint density at radius 2 is 2.12 bits per heavy atom. The van der Waals surface area contributed by atoms with E-state index in [1.807, 2.05) is 34.4 Å². The SMILES string of the molecule is C[C@H]1CCN(C(=O)Nc2ccccc2N2CCc3sccc3C2)C1. The van der Waals surface area contributed by atoms with Crippen molar-refractivity contribution < 1.29 is 4.79 Å². The minimum absolute atomic E-state index is 0.0278. The number of thiophene rings is 1. The number of rotatable bonds is 2. The van der Waals surface area contributed by atoms with E-state index in [-0.39, 0.29) is 6.03 Å². The van der Waals surface area contributed by atoms with Crippen LogP contribution in [0.4, 0.5) is 16.2 Å². The number of carbonyl (C=O) groups excluding carboxylic acids is 1. The van der Waals surface area contributed by atoms with E-state index in [0.717, 1.165) is 50.4 Å². The molecule has 1 aromatic carbocycles. The van der Waals surface area contributed by atoms with Gasteiger partial charge in [0.05, 0.1) is 11.4 Å². The fourth-order valence-electron chi connectivity index (χ4n) is 3.62. The number of amides is 2. The summed E-state index contributed by atoms with van der Waals surface area (Å²) in [5.41, 5.74) is 3.46. The third-order valence-corrected chi connectivity index (χ3v) is 6.03. The third kappa shape index (κ3) is 3.00. The molecule has 5 heteroatoms. The first-order chi connectivity index (χ1) is 11.7. The van der Waals surface area contributed by atoms with Crippen LogP contribution in [0.25, 0.3) is 0 Å². The summed E-state index contributed by atoms with van der Waals surface area (Å²) in [7, 11) is 0. The lowest BCUT2D eigenvalue weighted by molar-refractivity contribution is 0.221. The number of para-hydroxylation sites is 2. The maximum absolute atomic E-state index is 12.6. The van der Waals surface area contributed by atoms with Gasteiger partial charge >= 0.3 is 6.03 Å². The van der Waals surface area contributed by atoms with Crippen LogP contribution in [0.2, 0.25) is 0 Å². The Kier molecular flexibility index (Phi) is 4.19. The van der Waals surface area contributed by atoms with Gasteiger partial charge in [0.15, 0.2) is 0 Å². The number of benzene rings is 1. The smallest absolute Gasteiger partial charge is 0.321 e. The van der Waals surface area contributed by atoms with Crippen LogP contribution in [-0.4, -0.2) is 30.6 Å². The van der Waals surface area contributed by atoms with Gasteiger partial charge < -0.3 is 15.1 Å². The van der Waals surface area contributed by atoms with Gasteiger partial charge in [-0.05, 0) is 47.9 Å². The molecule has 1 fully saturated rings. The van der Waals surface area contributed by atoms with Gasteiger partial charge in [-0.1, -0.05) is 19.1 Å². The van der Waals surface area contributed by atoms with E-state index in [1.54, 1.807) is 0 Å². The molecule has 1 saturated heterocycles. The minimum atomic E-state index is 0.0278. The highest BCUT2D eigenvalue weighted by Gasteiger charge is 2.25. The van der Waals surface area contributed by atoms with Crippen molar-refractivity contribution in [2.75, 3.05) is 29.9 Å². The molecule has 0 saturated carbocycles. The molecule has 126 valence electrons. The molecule has 1 atom stereocenters. The molecule has 1 N–H and O–H groups in total. The Bertz CT molecular complexity index is 742. The van der Waals surface area contributed by atoms with E-state index >= 15 is 0 Å². The van der Waals surface area contributed by atoms with Gasteiger partial charge in [0.2, 0.25) is 0 Å². The average molecular weight is 341 g/mol. The second kappa shape index (κ2) is 6.48. The normalized spacial score (nSPS) is 20.1. The summed E-state index contributed by atoms with van der Waals surface area (Å²) in [5.74, 6) is 0.602. The first-order valence-corrected chi connectivity index (χ1v) is 9.54. The zero-order valence-corrected chi connectivity index (χ0v) is 14.8. The molecular weight excluding hydrogens is 318 g/mol.